The third kappa shape index (κ3) is 4.82. The van der Waals surface area contributed by atoms with Crippen LogP contribution < -0.4 is 16.4 Å². The third-order valence-corrected chi connectivity index (χ3v) is 2.72. The molecule has 0 fully saturated rings. The maximum Gasteiger partial charge on any atom is 0.236 e. The normalized spacial score (nSPS) is 10.5. The van der Waals surface area contributed by atoms with Crippen molar-refractivity contribution in [3.8, 4) is 0 Å². The number of aryl methyl sites for hydroxylation is 1. The van der Waals surface area contributed by atoms with Crippen molar-refractivity contribution in [3.05, 3.63) is 23.4 Å². The molecule has 0 aromatic carbocycles. The van der Waals surface area contributed by atoms with Crippen LogP contribution in [0.2, 0.25) is 0 Å². The first kappa shape index (κ1) is 15.4. The Morgan fingerprint density at radius 2 is 2.05 bits per heavy atom. The SMILES string of the molecule is Cc1cc(C(N)=S)cc(N(CC(N)=O)CC(C)C)n1. The van der Waals surface area contributed by atoms with Gasteiger partial charge < -0.3 is 16.4 Å². The standard InChI is InChI=1S/C13H20N4OS/c1-8(2)6-17(7-11(14)18)12-5-10(13(15)19)4-9(3)16-12/h4-5,8H,6-7H2,1-3H3,(H2,14,18)(H2,15,19). The second kappa shape index (κ2) is 6.47. The van der Waals surface area contributed by atoms with Gasteiger partial charge in [-0.15, -0.1) is 0 Å². The summed E-state index contributed by atoms with van der Waals surface area (Å²) in [5, 5.41) is 0. The molecule has 6 heteroatoms. The number of nitrogens with two attached hydrogens (primary N) is 2. The summed E-state index contributed by atoms with van der Waals surface area (Å²) in [6, 6.07) is 3.62. The highest BCUT2D eigenvalue weighted by Gasteiger charge is 2.14. The van der Waals surface area contributed by atoms with Crippen LogP contribution in [0.4, 0.5) is 5.82 Å². The van der Waals surface area contributed by atoms with Crippen LogP contribution >= 0.6 is 12.2 Å². The molecule has 0 radical (unpaired) electrons. The highest BCUT2D eigenvalue weighted by Crippen LogP contribution is 2.16. The molecule has 5 nitrogen and oxygen atoms in total. The van der Waals surface area contributed by atoms with Crippen molar-refractivity contribution in [1.82, 2.24) is 4.98 Å². The quantitative estimate of drug-likeness (QED) is 0.758. The van der Waals surface area contributed by atoms with Gasteiger partial charge in [-0.25, -0.2) is 4.98 Å². The van der Waals surface area contributed by atoms with Crippen LogP contribution in [0.1, 0.15) is 25.1 Å². The van der Waals surface area contributed by atoms with Gasteiger partial charge in [0.25, 0.3) is 0 Å². The molecule has 4 N–H and O–H groups in total. The van der Waals surface area contributed by atoms with Gasteiger partial charge in [-0.3, -0.25) is 4.79 Å². The number of amides is 1. The number of carbonyl (C=O) groups excluding carboxylic acids is 1. The number of anilines is 1. The zero-order chi connectivity index (χ0) is 14.6. The molecule has 0 aliphatic rings. The van der Waals surface area contributed by atoms with E-state index in [1.807, 2.05) is 17.9 Å². The number of carbonyl (C=O) groups is 1. The van der Waals surface area contributed by atoms with Crippen molar-refractivity contribution in [1.29, 1.82) is 0 Å². The van der Waals surface area contributed by atoms with Crippen LogP contribution in [0.15, 0.2) is 12.1 Å². The summed E-state index contributed by atoms with van der Waals surface area (Å²) in [6.45, 7) is 6.82. The molecule has 104 valence electrons. The van der Waals surface area contributed by atoms with E-state index in [1.165, 1.54) is 0 Å². The highest BCUT2D eigenvalue weighted by atomic mass is 32.1. The Balaban J connectivity index is 3.13. The number of aromatic nitrogens is 1. The lowest BCUT2D eigenvalue weighted by atomic mass is 10.2. The zero-order valence-electron chi connectivity index (χ0n) is 11.5. The summed E-state index contributed by atoms with van der Waals surface area (Å²) in [5.41, 5.74) is 12.5. The van der Waals surface area contributed by atoms with Crippen molar-refractivity contribution in [2.45, 2.75) is 20.8 Å². The number of rotatable bonds is 6. The second-order valence-electron chi connectivity index (χ2n) is 4.96. The Morgan fingerprint density at radius 1 is 1.42 bits per heavy atom. The van der Waals surface area contributed by atoms with E-state index in [-0.39, 0.29) is 12.5 Å². The van der Waals surface area contributed by atoms with Gasteiger partial charge in [0.15, 0.2) is 0 Å². The van der Waals surface area contributed by atoms with Gasteiger partial charge in [0.2, 0.25) is 5.91 Å². The number of hydrogen-bond donors (Lipinski definition) is 2. The Labute approximate surface area is 119 Å². The molecule has 0 unspecified atom stereocenters. The maximum absolute atomic E-state index is 11.2. The topological polar surface area (TPSA) is 85.2 Å². The first-order valence-corrected chi connectivity index (χ1v) is 6.52. The van der Waals surface area contributed by atoms with Gasteiger partial charge in [-0.05, 0) is 25.0 Å². The van der Waals surface area contributed by atoms with Crippen molar-refractivity contribution in [2.24, 2.45) is 17.4 Å². The fraction of sp³-hybridized carbons (Fsp3) is 0.462. The molecule has 0 spiro atoms. The molecular weight excluding hydrogens is 260 g/mol. The lowest BCUT2D eigenvalue weighted by Crippen LogP contribution is -2.37. The Morgan fingerprint density at radius 3 is 2.53 bits per heavy atom. The van der Waals surface area contributed by atoms with Crippen LogP contribution in [-0.2, 0) is 4.79 Å². The van der Waals surface area contributed by atoms with Crippen LogP contribution in [0.25, 0.3) is 0 Å². The molecule has 0 atom stereocenters. The van der Waals surface area contributed by atoms with Crippen LogP contribution in [0.3, 0.4) is 0 Å². The molecule has 0 saturated heterocycles. The smallest absolute Gasteiger partial charge is 0.236 e. The fourth-order valence-corrected chi connectivity index (χ4v) is 1.94. The first-order valence-electron chi connectivity index (χ1n) is 6.11. The van der Waals surface area contributed by atoms with E-state index >= 15 is 0 Å². The van der Waals surface area contributed by atoms with Gasteiger partial charge in [0, 0.05) is 17.8 Å². The molecule has 19 heavy (non-hydrogen) atoms. The Kier molecular flexibility index (Phi) is 5.23. The van der Waals surface area contributed by atoms with Crippen molar-refractivity contribution >= 4 is 28.9 Å². The van der Waals surface area contributed by atoms with Gasteiger partial charge in [-0.1, -0.05) is 26.1 Å². The van der Waals surface area contributed by atoms with E-state index in [1.54, 1.807) is 6.07 Å². The number of pyridine rings is 1. The van der Waals surface area contributed by atoms with Crippen molar-refractivity contribution in [3.63, 3.8) is 0 Å². The molecule has 0 aliphatic carbocycles. The molecule has 1 aromatic rings. The van der Waals surface area contributed by atoms with E-state index in [0.717, 1.165) is 11.3 Å². The fourth-order valence-electron chi connectivity index (χ4n) is 1.82. The lowest BCUT2D eigenvalue weighted by Gasteiger charge is -2.25. The molecule has 1 aromatic heterocycles. The summed E-state index contributed by atoms with van der Waals surface area (Å²) >= 11 is 4.98. The minimum absolute atomic E-state index is 0.130. The summed E-state index contributed by atoms with van der Waals surface area (Å²) < 4.78 is 0. The van der Waals surface area contributed by atoms with Gasteiger partial charge >= 0.3 is 0 Å². The molecule has 1 rings (SSSR count). The predicted molar refractivity (Wildman–Crippen MR) is 81.1 cm³/mol. The van der Waals surface area contributed by atoms with E-state index < -0.39 is 0 Å². The van der Waals surface area contributed by atoms with Crippen molar-refractivity contribution in [2.75, 3.05) is 18.0 Å². The first-order chi connectivity index (χ1) is 8.79. The van der Waals surface area contributed by atoms with Crippen molar-refractivity contribution < 1.29 is 4.79 Å². The number of thiocarbonyl (C=S) groups is 1. The minimum Gasteiger partial charge on any atom is -0.389 e. The molecule has 1 amide bonds. The van der Waals surface area contributed by atoms with E-state index in [4.69, 9.17) is 23.7 Å². The summed E-state index contributed by atoms with van der Waals surface area (Å²) in [6.07, 6.45) is 0. The largest absolute Gasteiger partial charge is 0.389 e. The van der Waals surface area contributed by atoms with E-state index in [2.05, 4.69) is 18.8 Å². The highest BCUT2D eigenvalue weighted by molar-refractivity contribution is 7.80. The van der Waals surface area contributed by atoms with Crippen LogP contribution in [0.5, 0.6) is 0 Å². The minimum atomic E-state index is -0.388. The second-order valence-corrected chi connectivity index (χ2v) is 5.40. The maximum atomic E-state index is 11.2. The third-order valence-electron chi connectivity index (χ3n) is 2.48. The number of nitrogens with zero attached hydrogens (tertiary/aromatic N) is 2. The van der Waals surface area contributed by atoms with E-state index in [0.29, 0.717) is 23.3 Å². The predicted octanol–water partition coefficient (Wildman–Crippen LogP) is 0.972. The Hall–Kier alpha value is -1.69. The van der Waals surface area contributed by atoms with Crippen LogP contribution in [-0.4, -0.2) is 29.0 Å². The lowest BCUT2D eigenvalue weighted by molar-refractivity contribution is -0.116. The van der Waals surface area contributed by atoms with Gasteiger partial charge in [0.05, 0.1) is 6.54 Å². The average Bonchev–Trinajstić information content (AvgIpc) is 2.25. The zero-order valence-corrected chi connectivity index (χ0v) is 12.3. The number of hydrogen-bond acceptors (Lipinski definition) is 4. The monoisotopic (exact) mass is 280 g/mol. The van der Waals surface area contributed by atoms with Crippen LogP contribution in [0, 0.1) is 12.8 Å². The molecule has 0 saturated carbocycles. The average molecular weight is 280 g/mol. The van der Waals surface area contributed by atoms with Gasteiger partial charge in [-0.2, -0.15) is 0 Å². The molecule has 1 heterocycles. The Bertz CT molecular complexity index is 488. The number of primary amides is 1. The summed E-state index contributed by atoms with van der Waals surface area (Å²) in [5.74, 6) is 0.672. The van der Waals surface area contributed by atoms with Gasteiger partial charge in [0.1, 0.15) is 10.8 Å². The molecule has 0 aliphatic heterocycles. The van der Waals surface area contributed by atoms with E-state index in [9.17, 15) is 4.79 Å². The molecule has 0 bridgehead atoms. The summed E-state index contributed by atoms with van der Waals surface area (Å²) in [4.78, 5) is 17.8. The molecular formula is C13H20N4OS. The summed E-state index contributed by atoms with van der Waals surface area (Å²) in [7, 11) is 0.